The van der Waals surface area contributed by atoms with E-state index in [2.05, 4.69) is 42.7 Å². The molecule has 1 atom stereocenters. The van der Waals surface area contributed by atoms with Gasteiger partial charge < -0.3 is 10.6 Å². The number of piperazine rings is 1. The molecule has 3 N–H and O–H groups in total. The summed E-state index contributed by atoms with van der Waals surface area (Å²) in [5.41, 5.74) is 3.37. The minimum absolute atomic E-state index is 0. The van der Waals surface area contributed by atoms with Gasteiger partial charge in [0.15, 0.2) is 5.82 Å². The van der Waals surface area contributed by atoms with E-state index < -0.39 is 0 Å². The van der Waals surface area contributed by atoms with E-state index in [4.69, 9.17) is 4.98 Å². The van der Waals surface area contributed by atoms with Gasteiger partial charge in [-0.15, -0.1) is 12.4 Å². The Balaban J connectivity index is 0.00000182. The fraction of sp³-hybridized carbons (Fsp3) is 0.375. The first-order valence-corrected chi connectivity index (χ1v) is 8.07. The Morgan fingerprint density at radius 2 is 2.20 bits per heavy atom. The van der Waals surface area contributed by atoms with Crippen LogP contribution in [-0.2, 0) is 0 Å². The summed E-state index contributed by atoms with van der Waals surface area (Å²) < 4.78 is 0. The molecule has 0 bridgehead atoms. The lowest BCUT2D eigenvalue weighted by atomic mass is 10.2. The van der Waals surface area contributed by atoms with Crippen LogP contribution >= 0.6 is 12.4 Å². The van der Waals surface area contributed by atoms with Gasteiger partial charge in [0.1, 0.15) is 5.52 Å². The van der Waals surface area contributed by atoms with Crippen LogP contribution in [-0.4, -0.2) is 69.3 Å². The molecule has 9 heteroatoms. The number of aromatic amines is 1. The third-order valence-corrected chi connectivity index (χ3v) is 4.40. The highest BCUT2D eigenvalue weighted by Gasteiger charge is 2.19. The molecule has 3 aromatic heterocycles. The van der Waals surface area contributed by atoms with E-state index in [1.807, 2.05) is 12.3 Å². The number of likely N-dealkylation sites (N-methyl/N-ethyl adjacent to an activating group) is 1. The molecule has 8 nitrogen and oxygen atoms in total. The van der Waals surface area contributed by atoms with Crippen molar-refractivity contribution >= 4 is 29.3 Å². The standard InChI is InChI=1S/C16H20N8.ClH/c1-24-5-4-17-9-12(24)10-20-16-15-14(18-2-3-19-15)6-13(23-16)11-7-21-22-8-11;/h2-3,6-8,12,17H,4-5,9-10H2,1H3,(H,20,23)(H,21,22);1H/t12-;/m0./s1. The number of pyridine rings is 1. The number of rotatable bonds is 4. The number of hydrogen-bond donors (Lipinski definition) is 3. The maximum atomic E-state index is 4.74. The normalized spacial score (nSPS) is 18.0. The summed E-state index contributed by atoms with van der Waals surface area (Å²) in [5.74, 6) is 0.760. The Morgan fingerprint density at radius 3 is 3.00 bits per heavy atom. The van der Waals surface area contributed by atoms with Crippen LogP contribution in [0.4, 0.5) is 5.82 Å². The smallest absolute Gasteiger partial charge is 0.154 e. The second-order valence-electron chi connectivity index (χ2n) is 5.99. The summed E-state index contributed by atoms with van der Waals surface area (Å²) in [4.78, 5) is 16.0. The van der Waals surface area contributed by atoms with Crippen molar-refractivity contribution in [2.75, 3.05) is 38.5 Å². The zero-order chi connectivity index (χ0) is 16.4. The Kier molecular flexibility index (Phi) is 5.42. The molecule has 1 aliphatic heterocycles. The minimum atomic E-state index is 0. The van der Waals surface area contributed by atoms with Gasteiger partial charge in [0, 0.05) is 56.4 Å². The third kappa shape index (κ3) is 3.71. The molecule has 3 aromatic rings. The van der Waals surface area contributed by atoms with E-state index in [1.165, 1.54) is 0 Å². The molecule has 0 aliphatic carbocycles. The van der Waals surface area contributed by atoms with Crippen molar-refractivity contribution in [3.8, 4) is 11.3 Å². The van der Waals surface area contributed by atoms with E-state index in [1.54, 1.807) is 18.6 Å². The van der Waals surface area contributed by atoms with Gasteiger partial charge in [-0.1, -0.05) is 0 Å². The minimum Gasteiger partial charge on any atom is -0.367 e. The number of nitrogens with zero attached hydrogens (tertiary/aromatic N) is 5. The van der Waals surface area contributed by atoms with Crippen LogP contribution in [0.25, 0.3) is 22.3 Å². The summed E-state index contributed by atoms with van der Waals surface area (Å²) in [6.45, 7) is 3.86. The van der Waals surface area contributed by atoms with Gasteiger partial charge in [-0.2, -0.15) is 5.10 Å². The summed E-state index contributed by atoms with van der Waals surface area (Å²) in [5, 5.41) is 13.7. The average Bonchev–Trinajstić information content (AvgIpc) is 3.15. The predicted octanol–water partition coefficient (Wildman–Crippen LogP) is 1.15. The second-order valence-corrected chi connectivity index (χ2v) is 5.99. The molecule has 4 heterocycles. The maximum Gasteiger partial charge on any atom is 0.154 e. The van der Waals surface area contributed by atoms with Crippen molar-refractivity contribution in [2.24, 2.45) is 0 Å². The van der Waals surface area contributed by atoms with Crippen LogP contribution in [0.1, 0.15) is 0 Å². The number of fused-ring (bicyclic) bond motifs is 1. The summed E-state index contributed by atoms with van der Waals surface area (Å²) in [6.07, 6.45) is 6.98. The summed E-state index contributed by atoms with van der Waals surface area (Å²) in [7, 11) is 2.15. The number of nitrogens with one attached hydrogen (secondary N) is 3. The fourth-order valence-corrected chi connectivity index (χ4v) is 2.94. The molecule has 0 unspecified atom stereocenters. The first-order chi connectivity index (χ1) is 11.8. The molecule has 0 amide bonds. The average molecular weight is 361 g/mol. The molecule has 0 aromatic carbocycles. The van der Waals surface area contributed by atoms with Gasteiger partial charge in [-0.05, 0) is 13.1 Å². The molecular weight excluding hydrogens is 340 g/mol. The van der Waals surface area contributed by atoms with Crippen LogP contribution in [0.2, 0.25) is 0 Å². The quantitative estimate of drug-likeness (QED) is 0.642. The monoisotopic (exact) mass is 360 g/mol. The van der Waals surface area contributed by atoms with Crippen LogP contribution < -0.4 is 10.6 Å². The number of aromatic nitrogens is 5. The Morgan fingerprint density at radius 1 is 1.32 bits per heavy atom. The van der Waals surface area contributed by atoms with Gasteiger partial charge in [-0.3, -0.25) is 15.0 Å². The highest BCUT2D eigenvalue weighted by molar-refractivity contribution is 5.88. The van der Waals surface area contributed by atoms with Crippen LogP contribution in [0, 0.1) is 0 Å². The van der Waals surface area contributed by atoms with E-state index >= 15 is 0 Å². The molecular formula is C16H21ClN8. The zero-order valence-electron chi connectivity index (χ0n) is 13.9. The van der Waals surface area contributed by atoms with Crippen molar-refractivity contribution in [3.63, 3.8) is 0 Å². The van der Waals surface area contributed by atoms with Crippen molar-refractivity contribution in [2.45, 2.75) is 6.04 Å². The van der Waals surface area contributed by atoms with E-state index in [0.717, 1.165) is 54.3 Å². The summed E-state index contributed by atoms with van der Waals surface area (Å²) in [6, 6.07) is 2.36. The van der Waals surface area contributed by atoms with Crippen LogP contribution in [0.3, 0.4) is 0 Å². The lowest BCUT2D eigenvalue weighted by Crippen LogP contribution is -2.52. The van der Waals surface area contributed by atoms with Gasteiger partial charge in [0.2, 0.25) is 0 Å². The third-order valence-electron chi connectivity index (χ3n) is 4.40. The van der Waals surface area contributed by atoms with Crippen molar-refractivity contribution in [1.82, 2.24) is 35.4 Å². The van der Waals surface area contributed by atoms with E-state index in [-0.39, 0.29) is 12.4 Å². The Hall–Kier alpha value is -2.29. The van der Waals surface area contributed by atoms with Crippen molar-refractivity contribution in [3.05, 3.63) is 30.9 Å². The molecule has 1 aliphatic rings. The van der Waals surface area contributed by atoms with Gasteiger partial charge >= 0.3 is 0 Å². The molecule has 0 saturated carbocycles. The van der Waals surface area contributed by atoms with Crippen molar-refractivity contribution in [1.29, 1.82) is 0 Å². The molecule has 1 saturated heterocycles. The topological polar surface area (TPSA) is 94.7 Å². The zero-order valence-corrected chi connectivity index (χ0v) is 14.8. The predicted molar refractivity (Wildman–Crippen MR) is 99.9 cm³/mol. The molecule has 0 radical (unpaired) electrons. The van der Waals surface area contributed by atoms with Crippen LogP contribution in [0.5, 0.6) is 0 Å². The second kappa shape index (κ2) is 7.73. The number of H-pyrrole nitrogens is 1. The lowest BCUT2D eigenvalue weighted by Gasteiger charge is -2.33. The van der Waals surface area contributed by atoms with Gasteiger partial charge in [-0.25, -0.2) is 9.97 Å². The fourth-order valence-electron chi connectivity index (χ4n) is 2.94. The van der Waals surface area contributed by atoms with Crippen LogP contribution in [0.15, 0.2) is 30.9 Å². The van der Waals surface area contributed by atoms with Crippen molar-refractivity contribution < 1.29 is 0 Å². The number of halogens is 1. The number of anilines is 1. The molecule has 132 valence electrons. The first-order valence-electron chi connectivity index (χ1n) is 8.07. The Bertz CT molecular complexity index is 822. The number of hydrogen-bond acceptors (Lipinski definition) is 7. The molecule has 25 heavy (non-hydrogen) atoms. The summed E-state index contributed by atoms with van der Waals surface area (Å²) >= 11 is 0. The molecule has 0 spiro atoms. The first kappa shape index (κ1) is 17.5. The van der Waals surface area contributed by atoms with Gasteiger partial charge in [0.25, 0.3) is 0 Å². The SMILES string of the molecule is CN1CCNC[C@H]1CNc1nc(-c2cn[nH]c2)cc2nccnc12.Cl. The molecule has 1 fully saturated rings. The van der Waals surface area contributed by atoms with E-state index in [0.29, 0.717) is 6.04 Å². The largest absolute Gasteiger partial charge is 0.367 e. The Labute approximate surface area is 151 Å². The maximum absolute atomic E-state index is 4.74. The lowest BCUT2D eigenvalue weighted by molar-refractivity contribution is 0.209. The highest BCUT2D eigenvalue weighted by atomic mass is 35.5. The molecule has 4 rings (SSSR count). The van der Waals surface area contributed by atoms with E-state index in [9.17, 15) is 0 Å². The highest BCUT2D eigenvalue weighted by Crippen LogP contribution is 2.24. The van der Waals surface area contributed by atoms with Gasteiger partial charge in [0.05, 0.1) is 17.4 Å².